The van der Waals surface area contributed by atoms with Gasteiger partial charge in [0.2, 0.25) is 0 Å². The van der Waals surface area contributed by atoms with Crippen LogP contribution in [0.3, 0.4) is 0 Å². The molecule has 4 N–H and O–H groups in total. The molecule has 0 bridgehead atoms. The molecule has 2 saturated heterocycles. The predicted molar refractivity (Wildman–Crippen MR) is 124 cm³/mol. The van der Waals surface area contributed by atoms with Crippen molar-refractivity contribution < 1.29 is 3.63 Å². The van der Waals surface area contributed by atoms with E-state index in [1.54, 1.807) is 0 Å². The Labute approximate surface area is 170 Å². The van der Waals surface area contributed by atoms with Crippen LogP contribution in [-0.2, 0) is 3.63 Å². The van der Waals surface area contributed by atoms with Gasteiger partial charge in [-0.15, -0.1) is 20.6 Å². The van der Waals surface area contributed by atoms with Gasteiger partial charge in [0.15, 0.2) is 0 Å². The zero-order valence-corrected chi connectivity index (χ0v) is 19.7. The van der Waals surface area contributed by atoms with Gasteiger partial charge in [0.05, 0.1) is 11.8 Å². The second-order valence-electron chi connectivity index (χ2n) is 8.70. The molecule has 2 aliphatic heterocycles. The van der Waals surface area contributed by atoms with E-state index in [1.807, 2.05) is 0 Å². The van der Waals surface area contributed by atoms with E-state index >= 15 is 0 Å². The fraction of sp³-hybridized carbons (Fsp3) is 1.00. The lowest BCUT2D eigenvalue weighted by Crippen LogP contribution is -2.49. The number of piperazine rings is 2. The van der Waals surface area contributed by atoms with Crippen molar-refractivity contribution >= 4 is 20.6 Å². The highest BCUT2D eigenvalue weighted by atomic mass is 32.3. The molecule has 0 aromatic heterocycles. The van der Waals surface area contributed by atoms with Crippen molar-refractivity contribution in [1.82, 2.24) is 19.6 Å². The van der Waals surface area contributed by atoms with Crippen molar-refractivity contribution in [3.8, 4) is 0 Å². The third-order valence-electron chi connectivity index (χ3n) is 5.18. The Morgan fingerprint density at radius 2 is 0.889 bits per heavy atom. The van der Waals surface area contributed by atoms with Gasteiger partial charge in [-0.2, -0.15) is 0 Å². The second-order valence-corrected chi connectivity index (χ2v) is 15.5. The fourth-order valence-electron chi connectivity index (χ4n) is 4.07. The van der Waals surface area contributed by atoms with Gasteiger partial charge in [0.1, 0.15) is 0 Å². The summed E-state index contributed by atoms with van der Waals surface area (Å²) in [7, 11) is -2.15. The zero-order chi connectivity index (χ0) is 19.9. The van der Waals surface area contributed by atoms with Crippen LogP contribution in [0.5, 0.6) is 0 Å². The van der Waals surface area contributed by atoms with Gasteiger partial charge in [-0.1, -0.05) is 0 Å². The van der Waals surface area contributed by atoms with Gasteiger partial charge < -0.3 is 11.5 Å². The Balaban J connectivity index is 1.74. The summed E-state index contributed by atoms with van der Waals surface area (Å²) < 4.78 is 6.80. The maximum Gasteiger partial charge on any atom is 0.0507 e. The topological polar surface area (TPSA) is 74.2 Å². The van der Waals surface area contributed by atoms with Crippen LogP contribution in [0.15, 0.2) is 0 Å². The standard InChI is InChI=1S/C18H44N6OS2/c1-26(2,17-23-13-9-21(7-5-19)10-14-23)25-27(3,4)18-24-15-11-22(8-6-20)12-16-24/h5-20H2,1-4H3. The first-order valence-electron chi connectivity index (χ1n) is 10.2. The Morgan fingerprint density at radius 3 is 1.19 bits per heavy atom. The molecule has 0 amide bonds. The summed E-state index contributed by atoms with van der Waals surface area (Å²) >= 11 is 0. The highest BCUT2D eigenvalue weighted by Crippen LogP contribution is 2.58. The molecule has 0 saturated carbocycles. The molecule has 2 aliphatic rings. The molecule has 0 radical (unpaired) electrons. The Kier molecular flexibility index (Phi) is 9.64. The van der Waals surface area contributed by atoms with Crippen molar-refractivity contribution in [3.05, 3.63) is 0 Å². The van der Waals surface area contributed by atoms with Gasteiger partial charge in [-0.3, -0.25) is 23.2 Å². The summed E-state index contributed by atoms with van der Waals surface area (Å²) in [6, 6.07) is 0. The van der Waals surface area contributed by atoms with E-state index in [0.29, 0.717) is 0 Å². The number of nitrogens with two attached hydrogens (primary N) is 2. The predicted octanol–water partition coefficient (Wildman–Crippen LogP) is 0.0290. The third-order valence-corrected chi connectivity index (χ3v) is 10.1. The summed E-state index contributed by atoms with van der Waals surface area (Å²) in [5.41, 5.74) is 11.4. The van der Waals surface area contributed by atoms with Crippen LogP contribution < -0.4 is 11.5 Å². The van der Waals surface area contributed by atoms with Gasteiger partial charge in [0, 0.05) is 78.5 Å². The van der Waals surface area contributed by atoms with Crippen LogP contribution in [0, 0.1) is 0 Å². The second kappa shape index (κ2) is 11.0. The number of hydrogen-bond donors (Lipinski definition) is 2. The van der Waals surface area contributed by atoms with Crippen LogP contribution in [0.25, 0.3) is 0 Å². The molecule has 2 rings (SSSR count). The van der Waals surface area contributed by atoms with E-state index in [1.165, 1.54) is 0 Å². The van der Waals surface area contributed by atoms with Crippen LogP contribution in [0.2, 0.25) is 0 Å². The van der Waals surface area contributed by atoms with Crippen molar-refractivity contribution in [3.63, 3.8) is 0 Å². The minimum atomic E-state index is -1.07. The van der Waals surface area contributed by atoms with Crippen molar-refractivity contribution in [2.45, 2.75) is 0 Å². The quantitative estimate of drug-likeness (QED) is 0.512. The Hall–Kier alpha value is 0.420. The molecule has 2 fully saturated rings. The lowest BCUT2D eigenvalue weighted by atomic mass is 10.3. The summed E-state index contributed by atoms with van der Waals surface area (Å²) in [5, 5.41) is 0. The Bertz CT molecular complexity index is 386. The lowest BCUT2D eigenvalue weighted by Gasteiger charge is -2.48. The summed E-state index contributed by atoms with van der Waals surface area (Å²) in [6.07, 6.45) is 9.36. The first-order valence-corrected chi connectivity index (χ1v) is 15.2. The summed E-state index contributed by atoms with van der Waals surface area (Å²) in [5.74, 6) is 2.17. The van der Waals surface area contributed by atoms with Crippen LogP contribution >= 0.6 is 20.6 Å². The number of hydrogen-bond acceptors (Lipinski definition) is 7. The van der Waals surface area contributed by atoms with Gasteiger partial charge in [-0.05, 0) is 25.0 Å². The molecule has 0 aromatic carbocycles. The largest absolute Gasteiger partial charge is 0.329 e. The average molecular weight is 425 g/mol. The minimum Gasteiger partial charge on any atom is -0.329 e. The SMILES string of the molecule is CS(C)(CN1CCN(CCN)CC1)OS(C)(C)CN1CCN(CCN)CC1. The normalized spacial score (nSPS) is 23.6. The van der Waals surface area contributed by atoms with Crippen LogP contribution in [0.4, 0.5) is 0 Å². The molecule has 0 spiro atoms. The third kappa shape index (κ3) is 8.76. The molecule has 2 heterocycles. The number of rotatable bonds is 10. The first-order chi connectivity index (χ1) is 12.7. The molecular formula is C18H44N6OS2. The molecule has 0 aliphatic carbocycles. The van der Waals surface area contributed by atoms with E-state index in [0.717, 1.165) is 90.3 Å². The lowest BCUT2D eigenvalue weighted by molar-refractivity contribution is 0.149. The van der Waals surface area contributed by atoms with Crippen molar-refractivity contribution in [1.29, 1.82) is 0 Å². The maximum absolute atomic E-state index is 6.80. The Morgan fingerprint density at radius 1 is 0.593 bits per heavy atom. The molecule has 164 valence electrons. The van der Waals surface area contributed by atoms with Gasteiger partial charge in [-0.25, -0.2) is 0 Å². The fourth-order valence-corrected chi connectivity index (χ4v) is 10.7. The molecule has 0 aromatic rings. The van der Waals surface area contributed by atoms with Crippen molar-refractivity contribution in [2.75, 3.05) is 115 Å². The molecule has 9 heteroatoms. The highest BCUT2D eigenvalue weighted by molar-refractivity contribution is 8.40. The summed E-state index contributed by atoms with van der Waals surface area (Å²) in [4.78, 5) is 10.1. The van der Waals surface area contributed by atoms with E-state index < -0.39 is 20.6 Å². The molecule has 0 unspecified atom stereocenters. The number of nitrogens with zero attached hydrogens (tertiary/aromatic N) is 4. The first kappa shape index (κ1) is 23.7. The highest BCUT2D eigenvalue weighted by Gasteiger charge is 2.29. The average Bonchev–Trinajstić information content (AvgIpc) is 2.57. The smallest absolute Gasteiger partial charge is 0.0507 e. The zero-order valence-electron chi connectivity index (χ0n) is 18.1. The van der Waals surface area contributed by atoms with Crippen LogP contribution in [0.1, 0.15) is 0 Å². The molecular weight excluding hydrogens is 380 g/mol. The van der Waals surface area contributed by atoms with Gasteiger partial charge >= 0.3 is 0 Å². The van der Waals surface area contributed by atoms with E-state index in [-0.39, 0.29) is 0 Å². The molecule has 27 heavy (non-hydrogen) atoms. The van der Waals surface area contributed by atoms with Crippen LogP contribution in [-0.4, -0.2) is 135 Å². The van der Waals surface area contributed by atoms with Gasteiger partial charge in [0.25, 0.3) is 0 Å². The van der Waals surface area contributed by atoms with Crippen molar-refractivity contribution in [2.24, 2.45) is 11.5 Å². The molecule has 0 atom stereocenters. The minimum absolute atomic E-state index is 0.762. The molecule has 7 nitrogen and oxygen atoms in total. The van der Waals surface area contributed by atoms with E-state index in [4.69, 9.17) is 15.1 Å². The monoisotopic (exact) mass is 424 g/mol. The van der Waals surface area contributed by atoms with E-state index in [9.17, 15) is 0 Å². The maximum atomic E-state index is 6.80. The summed E-state index contributed by atoms with van der Waals surface area (Å²) in [6.45, 7) is 12.7. The van der Waals surface area contributed by atoms with E-state index in [2.05, 4.69) is 44.6 Å².